The number of hydrogen-bond donors (Lipinski definition) is 0. The van der Waals surface area contributed by atoms with E-state index in [4.69, 9.17) is 21.3 Å². The molecule has 6 nitrogen and oxygen atoms in total. The molecule has 0 spiro atoms. The summed E-state index contributed by atoms with van der Waals surface area (Å²) in [6.07, 6.45) is 0. The summed E-state index contributed by atoms with van der Waals surface area (Å²) in [7, 11) is 0. The van der Waals surface area contributed by atoms with Gasteiger partial charge in [0.05, 0.1) is 17.9 Å². The fraction of sp³-hybridized carbons (Fsp3) is 0.333. The van der Waals surface area contributed by atoms with Gasteiger partial charge in [-0.1, -0.05) is 11.6 Å². The molecule has 20 heavy (non-hydrogen) atoms. The first-order valence-electron chi connectivity index (χ1n) is 6.24. The Morgan fingerprint density at radius 1 is 1.20 bits per heavy atom. The molecule has 0 radical (unpaired) electrons. The van der Waals surface area contributed by atoms with Gasteiger partial charge in [0.1, 0.15) is 16.2 Å². The van der Waals surface area contributed by atoms with Crippen LogP contribution in [0, 0.1) is 0 Å². The zero-order valence-electron chi connectivity index (χ0n) is 10.4. The van der Waals surface area contributed by atoms with Crippen molar-refractivity contribution in [1.82, 2.24) is 20.4 Å². The van der Waals surface area contributed by atoms with Crippen molar-refractivity contribution in [2.24, 2.45) is 0 Å². The average Bonchev–Trinajstić information content (AvgIpc) is 2.87. The molecule has 0 saturated carbocycles. The van der Waals surface area contributed by atoms with E-state index in [0.717, 1.165) is 52.6 Å². The number of fused-ring (bicyclic) bond motifs is 3. The van der Waals surface area contributed by atoms with Crippen LogP contribution in [0.1, 0.15) is 0 Å². The standard InChI is InChI=1S/C12H10ClN5OS/c13-11-10-9(15-17-16-11)7-1-2-8(14-12(7)20-10)18-3-5-19-6-4-18/h1-2H,3-6H2. The monoisotopic (exact) mass is 307 g/mol. The van der Waals surface area contributed by atoms with E-state index in [0.29, 0.717) is 5.15 Å². The molecule has 3 aromatic rings. The van der Waals surface area contributed by atoms with Crippen LogP contribution in [0.4, 0.5) is 5.82 Å². The highest BCUT2D eigenvalue weighted by Gasteiger charge is 2.16. The lowest BCUT2D eigenvalue weighted by atomic mass is 10.3. The Labute approximate surface area is 123 Å². The summed E-state index contributed by atoms with van der Waals surface area (Å²) in [6, 6.07) is 4.03. The van der Waals surface area contributed by atoms with Gasteiger partial charge >= 0.3 is 0 Å². The molecular weight excluding hydrogens is 298 g/mol. The molecule has 4 rings (SSSR count). The molecule has 0 amide bonds. The topological polar surface area (TPSA) is 64.0 Å². The SMILES string of the molecule is Clc1nnnc2c1sc1nc(N3CCOCC3)ccc12. The van der Waals surface area contributed by atoms with Crippen molar-refractivity contribution >= 4 is 49.2 Å². The number of aromatic nitrogens is 4. The lowest BCUT2D eigenvalue weighted by molar-refractivity contribution is 0.122. The first kappa shape index (κ1) is 12.2. The molecule has 0 unspecified atom stereocenters. The van der Waals surface area contributed by atoms with Gasteiger partial charge in [0, 0.05) is 18.5 Å². The number of hydrogen-bond acceptors (Lipinski definition) is 7. The van der Waals surface area contributed by atoms with Crippen molar-refractivity contribution in [3.05, 3.63) is 17.3 Å². The van der Waals surface area contributed by atoms with Crippen molar-refractivity contribution in [2.45, 2.75) is 0 Å². The van der Waals surface area contributed by atoms with Gasteiger partial charge in [-0.15, -0.1) is 21.5 Å². The van der Waals surface area contributed by atoms with Crippen molar-refractivity contribution in [2.75, 3.05) is 31.2 Å². The van der Waals surface area contributed by atoms with Crippen molar-refractivity contribution in [3.63, 3.8) is 0 Å². The molecule has 0 aromatic carbocycles. The van der Waals surface area contributed by atoms with Crippen LogP contribution >= 0.6 is 22.9 Å². The predicted molar refractivity (Wildman–Crippen MR) is 78.6 cm³/mol. The van der Waals surface area contributed by atoms with Crippen LogP contribution in [-0.4, -0.2) is 46.7 Å². The smallest absolute Gasteiger partial charge is 0.172 e. The first-order valence-corrected chi connectivity index (χ1v) is 7.43. The van der Waals surface area contributed by atoms with E-state index in [1.807, 2.05) is 12.1 Å². The maximum Gasteiger partial charge on any atom is 0.172 e. The highest BCUT2D eigenvalue weighted by atomic mass is 35.5. The Hall–Kier alpha value is -1.57. The number of nitrogens with zero attached hydrogens (tertiary/aromatic N) is 5. The third-order valence-corrected chi connectivity index (χ3v) is 4.79. The second-order valence-electron chi connectivity index (χ2n) is 4.48. The van der Waals surface area contributed by atoms with Gasteiger partial charge in [0.2, 0.25) is 0 Å². The Kier molecular flexibility index (Phi) is 2.90. The largest absolute Gasteiger partial charge is 0.378 e. The Morgan fingerprint density at radius 2 is 2.05 bits per heavy atom. The number of anilines is 1. The van der Waals surface area contributed by atoms with E-state index < -0.39 is 0 Å². The zero-order chi connectivity index (χ0) is 13.5. The van der Waals surface area contributed by atoms with E-state index in [-0.39, 0.29) is 0 Å². The predicted octanol–water partition coefficient (Wildman–Crippen LogP) is 2.12. The molecular formula is C12H10ClN5OS. The minimum absolute atomic E-state index is 0.380. The number of pyridine rings is 1. The third-order valence-electron chi connectivity index (χ3n) is 3.31. The Bertz CT molecular complexity index is 786. The number of ether oxygens (including phenoxy) is 1. The van der Waals surface area contributed by atoms with E-state index >= 15 is 0 Å². The van der Waals surface area contributed by atoms with Crippen LogP contribution in [0.15, 0.2) is 12.1 Å². The third kappa shape index (κ3) is 1.90. The molecule has 102 valence electrons. The first-order chi connectivity index (χ1) is 9.83. The number of morpholine rings is 1. The maximum absolute atomic E-state index is 6.06. The number of halogens is 1. The molecule has 0 bridgehead atoms. The molecule has 0 aliphatic carbocycles. The van der Waals surface area contributed by atoms with Crippen LogP contribution in [0.3, 0.4) is 0 Å². The van der Waals surface area contributed by atoms with Crippen molar-refractivity contribution in [1.29, 1.82) is 0 Å². The minimum atomic E-state index is 0.380. The quantitative estimate of drug-likeness (QED) is 0.686. The molecule has 1 aliphatic rings. The maximum atomic E-state index is 6.06. The van der Waals surface area contributed by atoms with E-state index in [1.165, 1.54) is 11.3 Å². The molecule has 1 aliphatic heterocycles. The highest BCUT2D eigenvalue weighted by molar-refractivity contribution is 7.25. The Morgan fingerprint density at radius 3 is 2.90 bits per heavy atom. The summed E-state index contributed by atoms with van der Waals surface area (Å²) in [6.45, 7) is 3.22. The van der Waals surface area contributed by atoms with Gasteiger partial charge in [-0.3, -0.25) is 0 Å². The van der Waals surface area contributed by atoms with Crippen molar-refractivity contribution in [3.8, 4) is 0 Å². The second kappa shape index (κ2) is 4.76. The van der Waals surface area contributed by atoms with Gasteiger partial charge < -0.3 is 9.64 Å². The minimum Gasteiger partial charge on any atom is -0.378 e. The van der Waals surface area contributed by atoms with Gasteiger partial charge in [-0.05, 0) is 17.3 Å². The highest BCUT2D eigenvalue weighted by Crippen LogP contribution is 2.35. The average molecular weight is 308 g/mol. The number of rotatable bonds is 1. The van der Waals surface area contributed by atoms with E-state index in [2.05, 4.69) is 20.3 Å². The fourth-order valence-corrected chi connectivity index (χ4v) is 3.53. The van der Waals surface area contributed by atoms with E-state index in [1.54, 1.807) is 0 Å². The summed E-state index contributed by atoms with van der Waals surface area (Å²) in [5.74, 6) is 0.962. The van der Waals surface area contributed by atoms with Gasteiger partial charge in [0.25, 0.3) is 0 Å². The molecule has 4 heterocycles. The summed E-state index contributed by atoms with van der Waals surface area (Å²) in [4.78, 5) is 7.84. The van der Waals surface area contributed by atoms with Crippen molar-refractivity contribution < 1.29 is 4.74 Å². The molecule has 3 aromatic heterocycles. The summed E-state index contributed by atoms with van der Waals surface area (Å²) < 4.78 is 6.20. The fourth-order valence-electron chi connectivity index (χ4n) is 2.32. The van der Waals surface area contributed by atoms with E-state index in [9.17, 15) is 0 Å². The normalized spacial score (nSPS) is 16.1. The molecule has 1 fully saturated rings. The summed E-state index contributed by atoms with van der Waals surface area (Å²) in [5, 5.41) is 12.9. The zero-order valence-corrected chi connectivity index (χ0v) is 12.0. The Balaban J connectivity index is 1.86. The van der Waals surface area contributed by atoms with Crippen LogP contribution in [0.2, 0.25) is 5.15 Å². The lowest BCUT2D eigenvalue weighted by Crippen LogP contribution is -2.36. The number of thiophene rings is 1. The van der Waals surface area contributed by atoms with Gasteiger partial charge in [0.15, 0.2) is 5.15 Å². The molecule has 8 heteroatoms. The molecule has 0 atom stereocenters. The lowest BCUT2D eigenvalue weighted by Gasteiger charge is -2.27. The van der Waals surface area contributed by atoms with Gasteiger partial charge in [-0.2, -0.15) is 0 Å². The van der Waals surface area contributed by atoms with Crippen LogP contribution in [0.25, 0.3) is 20.4 Å². The van der Waals surface area contributed by atoms with Gasteiger partial charge in [-0.25, -0.2) is 4.98 Å². The summed E-state index contributed by atoms with van der Waals surface area (Å²) >= 11 is 7.56. The van der Waals surface area contributed by atoms with Crippen LogP contribution in [0.5, 0.6) is 0 Å². The molecule has 0 N–H and O–H groups in total. The van der Waals surface area contributed by atoms with Crippen LogP contribution < -0.4 is 4.90 Å². The molecule has 1 saturated heterocycles. The summed E-state index contributed by atoms with van der Waals surface area (Å²) in [5.41, 5.74) is 0.769. The second-order valence-corrected chi connectivity index (χ2v) is 5.84. The van der Waals surface area contributed by atoms with Crippen LogP contribution in [-0.2, 0) is 4.74 Å².